The summed E-state index contributed by atoms with van der Waals surface area (Å²) in [6.45, 7) is 0.828. The third-order valence-corrected chi connectivity index (χ3v) is 3.96. The van der Waals surface area contributed by atoms with Gasteiger partial charge < -0.3 is 10.1 Å². The molecule has 0 heterocycles. The molecule has 88 valence electrons. The number of hydrogen-bond acceptors (Lipinski definition) is 3. The molecule has 4 heteroatoms. The van der Waals surface area contributed by atoms with Crippen LogP contribution in [0.25, 0.3) is 0 Å². The minimum atomic E-state index is -0.926. The molecule has 16 heavy (non-hydrogen) atoms. The predicted molar refractivity (Wildman–Crippen MR) is 65.3 cm³/mol. The molecule has 3 nitrogen and oxygen atoms in total. The fraction of sp³-hybridized carbons (Fsp3) is 0.500. The molecule has 1 saturated carbocycles. The molecule has 1 aromatic rings. The lowest BCUT2D eigenvalue weighted by Crippen LogP contribution is -2.22. The van der Waals surface area contributed by atoms with E-state index in [4.69, 9.17) is 4.74 Å². The van der Waals surface area contributed by atoms with E-state index in [0.717, 1.165) is 17.2 Å². The summed E-state index contributed by atoms with van der Waals surface area (Å²) in [5.74, 6) is 1.44. The first-order valence-corrected chi connectivity index (χ1v) is 6.87. The zero-order valence-corrected chi connectivity index (χ0v) is 10.3. The van der Waals surface area contributed by atoms with Gasteiger partial charge in [0.1, 0.15) is 5.75 Å². The summed E-state index contributed by atoms with van der Waals surface area (Å²) < 4.78 is 17.0. The van der Waals surface area contributed by atoms with Crippen LogP contribution in [0.2, 0.25) is 0 Å². The van der Waals surface area contributed by atoms with Crippen molar-refractivity contribution >= 4 is 10.8 Å². The number of nitrogens with one attached hydrogen (secondary N) is 1. The van der Waals surface area contributed by atoms with Gasteiger partial charge >= 0.3 is 0 Å². The Hall–Kier alpha value is -0.870. The maximum Gasteiger partial charge on any atom is 0.120 e. The monoisotopic (exact) mass is 239 g/mol. The molecule has 1 fully saturated rings. The van der Waals surface area contributed by atoms with Crippen molar-refractivity contribution in [3.05, 3.63) is 24.3 Å². The Labute approximate surface area is 98.7 Å². The van der Waals surface area contributed by atoms with Crippen LogP contribution in [-0.2, 0) is 10.8 Å². The number of hydrogen-bond donors (Lipinski definition) is 1. The fourth-order valence-electron chi connectivity index (χ4n) is 1.50. The molecule has 0 amide bonds. The van der Waals surface area contributed by atoms with Gasteiger partial charge in [-0.1, -0.05) is 6.07 Å². The first kappa shape index (κ1) is 11.6. The van der Waals surface area contributed by atoms with Crippen LogP contribution in [0.5, 0.6) is 5.75 Å². The lowest BCUT2D eigenvalue weighted by molar-refractivity contribution is 0.413. The normalized spacial score (nSPS) is 17.1. The fourth-order valence-corrected chi connectivity index (χ4v) is 2.52. The van der Waals surface area contributed by atoms with Gasteiger partial charge in [0, 0.05) is 23.2 Å². The smallest absolute Gasteiger partial charge is 0.120 e. The Morgan fingerprint density at radius 3 is 3.00 bits per heavy atom. The number of methoxy groups -OCH3 is 1. The second kappa shape index (κ2) is 5.46. The van der Waals surface area contributed by atoms with Crippen molar-refractivity contribution < 1.29 is 8.95 Å². The minimum absolute atomic E-state index is 0.670. The highest BCUT2D eigenvalue weighted by Gasteiger charge is 2.20. The van der Waals surface area contributed by atoms with Gasteiger partial charge in [0.2, 0.25) is 0 Å². The van der Waals surface area contributed by atoms with Crippen LogP contribution in [-0.4, -0.2) is 29.7 Å². The Morgan fingerprint density at radius 2 is 2.31 bits per heavy atom. The average Bonchev–Trinajstić information content (AvgIpc) is 3.13. The third-order valence-electron chi connectivity index (χ3n) is 2.60. The molecule has 1 aromatic carbocycles. The highest BCUT2D eigenvalue weighted by Crippen LogP contribution is 2.19. The summed E-state index contributed by atoms with van der Waals surface area (Å²) in [6, 6.07) is 8.15. The summed E-state index contributed by atoms with van der Waals surface area (Å²) in [7, 11) is 0.695. The molecular weight excluding hydrogens is 222 g/mol. The van der Waals surface area contributed by atoms with E-state index in [1.54, 1.807) is 7.11 Å². The molecular formula is C12H17NO2S. The molecule has 0 aliphatic heterocycles. The minimum Gasteiger partial charge on any atom is -0.497 e. The Bertz CT molecular complexity index is 377. The van der Waals surface area contributed by atoms with E-state index in [-0.39, 0.29) is 0 Å². The first-order chi connectivity index (χ1) is 7.79. The second-order valence-electron chi connectivity index (χ2n) is 3.96. The number of benzene rings is 1. The Balaban J connectivity index is 1.86. The predicted octanol–water partition coefficient (Wildman–Crippen LogP) is 1.55. The Kier molecular flexibility index (Phi) is 3.96. The van der Waals surface area contributed by atoms with Crippen LogP contribution < -0.4 is 10.1 Å². The van der Waals surface area contributed by atoms with E-state index in [1.807, 2.05) is 24.3 Å². The van der Waals surface area contributed by atoms with Crippen molar-refractivity contribution in [1.82, 2.24) is 5.32 Å². The van der Waals surface area contributed by atoms with Gasteiger partial charge in [-0.3, -0.25) is 4.21 Å². The van der Waals surface area contributed by atoms with Crippen LogP contribution in [0.15, 0.2) is 29.2 Å². The molecule has 1 N–H and O–H groups in total. The van der Waals surface area contributed by atoms with Gasteiger partial charge in [0.25, 0.3) is 0 Å². The summed E-state index contributed by atoms with van der Waals surface area (Å²) in [6.07, 6.45) is 2.54. The van der Waals surface area contributed by atoms with E-state index in [9.17, 15) is 4.21 Å². The zero-order valence-electron chi connectivity index (χ0n) is 9.44. The largest absolute Gasteiger partial charge is 0.497 e. The van der Waals surface area contributed by atoms with Crippen LogP contribution >= 0.6 is 0 Å². The SMILES string of the molecule is COc1cccc(S(=O)CCNC2CC2)c1. The van der Waals surface area contributed by atoms with E-state index in [1.165, 1.54) is 12.8 Å². The maximum atomic E-state index is 11.9. The number of rotatable bonds is 6. The van der Waals surface area contributed by atoms with Crippen LogP contribution in [0, 0.1) is 0 Å². The third kappa shape index (κ3) is 3.32. The highest BCUT2D eigenvalue weighted by atomic mass is 32.2. The van der Waals surface area contributed by atoms with Gasteiger partial charge in [0.15, 0.2) is 0 Å². The van der Waals surface area contributed by atoms with Crippen molar-refractivity contribution in [2.24, 2.45) is 0 Å². The molecule has 0 aromatic heterocycles. The van der Waals surface area contributed by atoms with Gasteiger partial charge in [0.05, 0.1) is 17.9 Å². The lowest BCUT2D eigenvalue weighted by Gasteiger charge is -2.05. The van der Waals surface area contributed by atoms with Crippen molar-refractivity contribution in [2.45, 2.75) is 23.8 Å². The average molecular weight is 239 g/mol. The molecule has 0 radical (unpaired) electrons. The topological polar surface area (TPSA) is 38.3 Å². The summed E-state index contributed by atoms with van der Waals surface area (Å²) in [5, 5.41) is 3.36. The Morgan fingerprint density at radius 1 is 1.50 bits per heavy atom. The molecule has 1 aliphatic carbocycles. The number of ether oxygens (including phenoxy) is 1. The molecule has 0 saturated heterocycles. The highest BCUT2D eigenvalue weighted by molar-refractivity contribution is 7.85. The zero-order chi connectivity index (χ0) is 11.4. The van der Waals surface area contributed by atoms with Gasteiger partial charge in [-0.15, -0.1) is 0 Å². The first-order valence-electron chi connectivity index (χ1n) is 5.55. The molecule has 0 spiro atoms. The maximum absolute atomic E-state index is 11.9. The van der Waals surface area contributed by atoms with Crippen LogP contribution in [0.4, 0.5) is 0 Å². The molecule has 1 unspecified atom stereocenters. The molecule has 1 aliphatic rings. The van der Waals surface area contributed by atoms with E-state index < -0.39 is 10.8 Å². The summed E-state index contributed by atoms with van der Waals surface area (Å²) in [4.78, 5) is 0.844. The van der Waals surface area contributed by atoms with Crippen LogP contribution in [0.3, 0.4) is 0 Å². The van der Waals surface area contributed by atoms with Gasteiger partial charge in [-0.2, -0.15) is 0 Å². The summed E-state index contributed by atoms with van der Waals surface area (Å²) in [5.41, 5.74) is 0. The van der Waals surface area contributed by atoms with Crippen molar-refractivity contribution in [2.75, 3.05) is 19.4 Å². The quantitative estimate of drug-likeness (QED) is 0.818. The van der Waals surface area contributed by atoms with Gasteiger partial charge in [-0.05, 0) is 31.0 Å². The lowest BCUT2D eigenvalue weighted by atomic mass is 10.3. The van der Waals surface area contributed by atoms with Gasteiger partial charge in [-0.25, -0.2) is 0 Å². The standard InChI is InChI=1S/C12H17NO2S/c1-15-11-3-2-4-12(9-11)16(14)8-7-13-10-5-6-10/h2-4,9-10,13H,5-8H2,1H3. The van der Waals surface area contributed by atoms with Crippen LogP contribution in [0.1, 0.15) is 12.8 Å². The van der Waals surface area contributed by atoms with E-state index >= 15 is 0 Å². The molecule has 1 atom stereocenters. The molecule has 0 bridgehead atoms. The second-order valence-corrected chi connectivity index (χ2v) is 5.53. The van der Waals surface area contributed by atoms with E-state index in [2.05, 4.69) is 5.32 Å². The van der Waals surface area contributed by atoms with E-state index in [0.29, 0.717) is 11.8 Å². The summed E-state index contributed by atoms with van der Waals surface area (Å²) >= 11 is 0. The van der Waals surface area contributed by atoms with Crippen molar-refractivity contribution in [3.8, 4) is 5.75 Å². The molecule has 2 rings (SSSR count). The van der Waals surface area contributed by atoms with Crippen molar-refractivity contribution in [1.29, 1.82) is 0 Å². The van der Waals surface area contributed by atoms with Crippen molar-refractivity contribution in [3.63, 3.8) is 0 Å².